The number of allylic oxidation sites excluding steroid dienone is 2. The molecule has 0 spiro atoms. The summed E-state index contributed by atoms with van der Waals surface area (Å²) in [6.45, 7) is 19.3. The van der Waals surface area contributed by atoms with Crippen molar-refractivity contribution in [2.24, 2.45) is 0 Å². The van der Waals surface area contributed by atoms with Crippen molar-refractivity contribution in [2.75, 3.05) is 0 Å². The third kappa shape index (κ3) is 7.16. The highest BCUT2D eigenvalue weighted by Crippen LogP contribution is 2.23. The van der Waals surface area contributed by atoms with Crippen LogP contribution in [0.2, 0.25) is 0 Å². The molecular formula is C14H24O2. The van der Waals surface area contributed by atoms with Gasteiger partial charge in [-0.25, -0.2) is 0 Å². The highest BCUT2D eigenvalue weighted by molar-refractivity contribution is 5.04. The van der Waals surface area contributed by atoms with E-state index in [1.165, 1.54) is 0 Å². The third-order valence-electron chi connectivity index (χ3n) is 2.04. The van der Waals surface area contributed by atoms with Crippen LogP contribution in [-0.4, -0.2) is 11.7 Å². The van der Waals surface area contributed by atoms with Crippen LogP contribution in [0.5, 0.6) is 0 Å². The van der Waals surface area contributed by atoms with E-state index >= 15 is 0 Å². The Balaban J connectivity index is 4.03. The highest BCUT2D eigenvalue weighted by Gasteiger charge is 2.20. The molecule has 92 valence electrons. The van der Waals surface area contributed by atoms with E-state index in [0.717, 1.165) is 18.6 Å². The van der Waals surface area contributed by atoms with Gasteiger partial charge in [0.05, 0.1) is 11.9 Å². The fourth-order valence-corrected chi connectivity index (χ4v) is 1.28. The summed E-state index contributed by atoms with van der Waals surface area (Å²) in [6.07, 6.45) is 3.42. The molecule has 0 atom stereocenters. The molecule has 0 aliphatic carbocycles. The monoisotopic (exact) mass is 224 g/mol. The molecule has 0 aliphatic rings. The van der Waals surface area contributed by atoms with Crippen molar-refractivity contribution < 1.29 is 9.47 Å². The molecule has 0 aromatic heterocycles. The van der Waals surface area contributed by atoms with Crippen LogP contribution in [-0.2, 0) is 9.47 Å². The standard InChI is InChI=1S/C14H24O2/c1-8-12(4)16-14(6,7)10-9-13(5)15-11(2)3/h8,11H,1,4-5,9-10H2,2-3,6-7H3. The minimum Gasteiger partial charge on any atom is -0.496 e. The maximum absolute atomic E-state index is 5.63. The second kappa shape index (κ2) is 6.41. The predicted molar refractivity (Wildman–Crippen MR) is 69.1 cm³/mol. The average molecular weight is 224 g/mol. The smallest absolute Gasteiger partial charge is 0.112 e. The minimum absolute atomic E-state index is 0.180. The topological polar surface area (TPSA) is 18.5 Å². The zero-order chi connectivity index (χ0) is 12.8. The van der Waals surface area contributed by atoms with Crippen LogP contribution in [0.15, 0.2) is 37.3 Å². The van der Waals surface area contributed by atoms with Crippen molar-refractivity contribution in [2.45, 2.75) is 52.2 Å². The van der Waals surface area contributed by atoms with Gasteiger partial charge in [-0.15, -0.1) is 0 Å². The van der Waals surface area contributed by atoms with Crippen LogP contribution in [0.1, 0.15) is 40.5 Å². The first kappa shape index (κ1) is 14.8. The Morgan fingerprint density at radius 3 is 2.31 bits per heavy atom. The molecule has 0 aromatic carbocycles. The maximum Gasteiger partial charge on any atom is 0.112 e. The zero-order valence-electron chi connectivity index (χ0n) is 11.0. The van der Waals surface area contributed by atoms with E-state index in [0.29, 0.717) is 5.76 Å². The summed E-state index contributed by atoms with van der Waals surface area (Å²) in [5.74, 6) is 1.40. The lowest BCUT2D eigenvalue weighted by molar-refractivity contribution is 0.0291. The zero-order valence-corrected chi connectivity index (χ0v) is 11.0. The van der Waals surface area contributed by atoms with E-state index in [-0.39, 0.29) is 11.7 Å². The Bertz CT molecular complexity index is 262. The van der Waals surface area contributed by atoms with Crippen LogP contribution in [0, 0.1) is 0 Å². The van der Waals surface area contributed by atoms with Gasteiger partial charge in [0.1, 0.15) is 11.4 Å². The summed E-state index contributed by atoms with van der Waals surface area (Å²) < 4.78 is 11.1. The van der Waals surface area contributed by atoms with Gasteiger partial charge in [0, 0.05) is 6.42 Å². The second-order valence-electron chi connectivity index (χ2n) is 4.74. The second-order valence-corrected chi connectivity index (χ2v) is 4.74. The maximum atomic E-state index is 5.63. The normalized spacial score (nSPS) is 11.1. The Hall–Kier alpha value is -1.18. The van der Waals surface area contributed by atoms with Gasteiger partial charge in [0.25, 0.3) is 0 Å². The third-order valence-corrected chi connectivity index (χ3v) is 2.04. The molecule has 16 heavy (non-hydrogen) atoms. The van der Waals surface area contributed by atoms with Crippen LogP contribution >= 0.6 is 0 Å². The summed E-state index contributed by atoms with van der Waals surface area (Å²) in [5.41, 5.74) is -0.269. The van der Waals surface area contributed by atoms with Crippen molar-refractivity contribution in [3.8, 4) is 0 Å². The Labute approximate surface area is 99.6 Å². The molecule has 0 unspecified atom stereocenters. The van der Waals surface area contributed by atoms with Crippen LogP contribution < -0.4 is 0 Å². The molecule has 0 N–H and O–H groups in total. The molecule has 2 nitrogen and oxygen atoms in total. The van der Waals surface area contributed by atoms with Crippen LogP contribution in [0.25, 0.3) is 0 Å². The molecule has 0 aromatic rings. The van der Waals surface area contributed by atoms with E-state index in [9.17, 15) is 0 Å². The van der Waals surface area contributed by atoms with Crippen LogP contribution in [0.4, 0.5) is 0 Å². The van der Waals surface area contributed by atoms with Crippen molar-refractivity contribution in [1.29, 1.82) is 0 Å². The van der Waals surface area contributed by atoms with Gasteiger partial charge in [0.2, 0.25) is 0 Å². The van der Waals surface area contributed by atoms with E-state index < -0.39 is 0 Å². The molecule has 0 bridgehead atoms. The summed E-state index contributed by atoms with van der Waals surface area (Å²) in [6, 6.07) is 0. The first-order valence-corrected chi connectivity index (χ1v) is 5.61. The SMILES string of the molecule is C=CC(=C)OC(C)(C)CCC(=C)OC(C)C. The lowest BCUT2D eigenvalue weighted by Crippen LogP contribution is -2.23. The Morgan fingerprint density at radius 1 is 1.31 bits per heavy atom. The van der Waals surface area contributed by atoms with Crippen molar-refractivity contribution in [1.82, 2.24) is 0 Å². The first-order chi connectivity index (χ1) is 7.26. The van der Waals surface area contributed by atoms with Gasteiger partial charge in [-0.3, -0.25) is 0 Å². The summed E-state index contributed by atoms with van der Waals surface area (Å²) >= 11 is 0. The van der Waals surface area contributed by atoms with Gasteiger partial charge in [-0.05, 0) is 40.2 Å². The van der Waals surface area contributed by atoms with E-state index in [2.05, 4.69) is 19.7 Å². The molecule has 0 amide bonds. The Morgan fingerprint density at radius 2 is 1.88 bits per heavy atom. The molecule has 2 heteroatoms. The first-order valence-electron chi connectivity index (χ1n) is 5.61. The number of hydrogen-bond acceptors (Lipinski definition) is 2. The molecule has 0 heterocycles. The van der Waals surface area contributed by atoms with E-state index in [4.69, 9.17) is 9.47 Å². The van der Waals surface area contributed by atoms with Gasteiger partial charge in [-0.2, -0.15) is 0 Å². The molecule has 0 saturated heterocycles. The molecule has 0 fully saturated rings. The van der Waals surface area contributed by atoms with Gasteiger partial charge in [0.15, 0.2) is 0 Å². The lowest BCUT2D eigenvalue weighted by Gasteiger charge is -2.27. The predicted octanol–water partition coefficient (Wildman–Crippen LogP) is 4.20. The largest absolute Gasteiger partial charge is 0.496 e. The number of rotatable bonds is 8. The van der Waals surface area contributed by atoms with Crippen molar-refractivity contribution >= 4 is 0 Å². The molecule has 0 rings (SSSR count). The fourth-order valence-electron chi connectivity index (χ4n) is 1.28. The van der Waals surface area contributed by atoms with Gasteiger partial charge >= 0.3 is 0 Å². The quantitative estimate of drug-likeness (QED) is 0.454. The fraction of sp³-hybridized carbons (Fsp3) is 0.571. The van der Waals surface area contributed by atoms with Gasteiger partial charge in [-0.1, -0.05) is 19.7 Å². The number of hydrogen-bond donors (Lipinski definition) is 0. The van der Waals surface area contributed by atoms with E-state index in [1.807, 2.05) is 27.7 Å². The summed E-state index contributed by atoms with van der Waals surface area (Å²) in [4.78, 5) is 0. The minimum atomic E-state index is -0.269. The van der Waals surface area contributed by atoms with Crippen molar-refractivity contribution in [3.63, 3.8) is 0 Å². The summed E-state index contributed by atoms with van der Waals surface area (Å²) in [7, 11) is 0. The van der Waals surface area contributed by atoms with Crippen LogP contribution in [0.3, 0.4) is 0 Å². The molecule has 0 saturated carbocycles. The molecular weight excluding hydrogens is 200 g/mol. The lowest BCUT2D eigenvalue weighted by atomic mass is 10.0. The van der Waals surface area contributed by atoms with Gasteiger partial charge < -0.3 is 9.47 Å². The molecule has 0 radical (unpaired) electrons. The Kier molecular flexibility index (Phi) is 5.94. The van der Waals surface area contributed by atoms with E-state index in [1.54, 1.807) is 6.08 Å². The van der Waals surface area contributed by atoms with Crippen molar-refractivity contribution in [3.05, 3.63) is 37.3 Å². The number of ether oxygens (including phenoxy) is 2. The summed E-state index contributed by atoms with van der Waals surface area (Å²) in [5, 5.41) is 0. The molecule has 0 aliphatic heterocycles. The average Bonchev–Trinajstić information content (AvgIpc) is 2.13. The highest BCUT2D eigenvalue weighted by atomic mass is 16.5.